The largest absolute Gasteiger partial charge is 0.339 e. The van der Waals surface area contributed by atoms with E-state index in [1.165, 1.54) is 0 Å². The lowest BCUT2D eigenvalue weighted by Crippen LogP contribution is -2.47. The van der Waals surface area contributed by atoms with Gasteiger partial charge in [0.2, 0.25) is 0 Å². The minimum absolute atomic E-state index is 0.0216. The molecule has 6 nitrogen and oxygen atoms in total. The van der Waals surface area contributed by atoms with Gasteiger partial charge in [-0.05, 0) is 63.1 Å². The first-order valence-electron chi connectivity index (χ1n) is 10.2. The number of rotatable bonds is 5. The third-order valence-electron chi connectivity index (χ3n) is 5.52. The first-order chi connectivity index (χ1) is 13.9. The number of hydrogen-bond acceptors (Lipinski definition) is 3. The highest BCUT2D eigenvalue weighted by Gasteiger charge is 2.26. The van der Waals surface area contributed by atoms with E-state index in [1.54, 1.807) is 24.3 Å². The third-order valence-corrected chi connectivity index (χ3v) is 5.52. The fraction of sp³-hybridized carbons (Fsp3) is 0.391. The molecule has 0 radical (unpaired) electrons. The number of nitrogens with one attached hydrogen (secondary N) is 2. The summed E-state index contributed by atoms with van der Waals surface area (Å²) in [4.78, 5) is 29.3. The first kappa shape index (κ1) is 20.9. The van der Waals surface area contributed by atoms with Gasteiger partial charge in [0.15, 0.2) is 0 Å². The highest BCUT2D eigenvalue weighted by molar-refractivity contribution is 6.00. The molecule has 1 aliphatic heterocycles. The van der Waals surface area contributed by atoms with Gasteiger partial charge < -0.3 is 20.4 Å². The Morgan fingerprint density at radius 3 is 2.03 bits per heavy atom. The second-order valence-electron chi connectivity index (χ2n) is 7.80. The van der Waals surface area contributed by atoms with Crippen molar-refractivity contribution in [1.82, 2.24) is 9.80 Å². The molecule has 154 valence electrons. The fourth-order valence-electron chi connectivity index (χ4n) is 3.67. The number of piperidine rings is 1. The molecule has 2 N–H and O–H groups in total. The Labute approximate surface area is 172 Å². The van der Waals surface area contributed by atoms with Crippen molar-refractivity contribution in [2.24, 2.45) is 0 Å². The van der Waals surface area contributed by atoms with Crippen LogP contribution in [0, 0.1) is 0 Å². The number of hydrogen-bond donors (Lipinski definition) is 2. The summed E-state index contributed by atoms with van der Waals surface area (Å²) in [5.74, 6) is 0.0216. The maximum atomic E-state index is 12.8. The maximum Gasteiger partial charge on any atom is 0.323 e. The summed E-state index contributed by atoms with van der Waals surface area (Å²) in [5.41, 5.74) is 2.00. The van der Waals surface area contributed by atoms with Gasteiger partial charge in [-0.2, -0.15) is 0 Å². The van der Waals surface area contributed by atoms with Crippen LogP contribution in [0.15, 0.2) is 54.6 Å². The topological polar surface area (TPSA) is 64.7 Å². The molecule has 0 bridgehead atoms. The lowest BCUT2D eigenvalue weighted by Gasteiger charge is -2.38. The summed E-state index contributed by atoms with van der Waals surface area (Å²) >= 11 is 0. The van der Waals surface area contributed by atoms with Gasteiger partial charge in [0.25, 0.3) is 5.91 Å². The first-order valence-corrected chi connectivity index (χ1v) is 10.2. The van der Waals surface area contributed by atoms with Crippen molar-refractivity contribution in [3.8, 4) is 0 Å². The lowest BCUT2D eigenvalue weighted by atomic mass is 10.0. The summed E-state index contributed by atoms with van der Waals surface area (Å²) in [6.45, 7) is 6.48. The monoisotopic (exact) mass is 394 g/mol. The van der Waals surface area contributed by atoms with Gasteiger partial charge in [-0.25, -0.2) is 4.79 Å². The van der Waals surface area contributed by atoms with E-state index in [4.69, 9.17) is 0 Å². The second-order valence-corrected chi connectivity index (χ2v) is 7.80. The Balaban J connectivity index is 1.54. The number of carbonyl (C=O) groups is 2. The van der Waals surface area contributed by atoms with Crippen molar-refractivity contribution >= 4 is 23.3 Å². The van der Waals surface area contributed by atoms with E-state index in [-0.39, 0.29) is 18.0 Å². The van der Waals surface area contributed by atoms with E-state index in [2.05, 4.69) is 29.4 Å². The molecule has 29 heavy (non-hydrogen) atoms. The summed E-state index contributed by atoms with van der Waals surface area (Å²) in [6, 6.07) is 16.8. The Hall–Kier alpha value is -2.86. The van der Waals surface area contributed by atoms with Crippen LogP contribution in [0.1, 0.15) is 37.0 Å². The standard InChI is InChI=1S/C23H30N4O2/c1-17(2)27-15-13-21(14-16-27)26(3)22(28)18-9-11-20(12-10-18)25-23(29)24-19-7-5-4-6-8-19/h4-12,17,21H,13-16H2,1-3H3,(H2,24,25,29). The summed E-state index contributed by atoms with van der Waals surface area (Å²) in [5, 5.41) is 5.56. The number of benzene rings is 2. The van der Waals surface area contributed by atoms with Crippen LogP contribution in [0.25, 0.3) is 0 Å². The zero-order valence-electron chi connectivity index (χ0n) is 17.4. The van der Waals surface area contributed by atoms with Crippen LogP contribution in [-0.4, -0.2) is 54.0 Å². The number of carbonyl (C=O) groups excluding carboxylic acids is 2. The van der Waals surface area contributed by atoms with Crippen LogP contribution in [0.5, 0.6) is 0 Å². The number of likely N-dealkylation sites (tertiary alicyclic amines) is 1. The lowest BCUT2D eigenvalue weighted by molar-refractivity contribution is 0.0615. The summed E-state index contributed by atoms with van der Waals surface area (Å²) in [7, 11) is 1.89. The van der Waals surface area contributed by atoms with Crippen molar-refractivity contribution in [2.45, 2.75) is 38.8 Å². The normalized spacial score (nSPS) is 15.2. The molecule has 1 saturated heterocycles. The van der Waals surface area contributed by atoms with Crippen molar-refractivity contribution < 1.29 is 9.59 Å². The van der Waals surface area contributed by atoms with Crippen molar-refractivity contribution in [1.29, 1.82) is 0 Å². The van der Waals surface area contributed by atoms with Gasteiger partial charge in [-0.1, -0.05) is 18.2 Å². The molecule has 0 aromatic heterocycles. The molecular formula is C23H30N4O2. The van der Waals surface area contributed by atoms with E-state index in [0.717, 1.165) is 31.6 Å². The Morgan fingerprint density at radius 1 is 0.931 bits per heavy atom. The minimum atomic E-state index is -0.315. The van der Waals surface area contributed by atoms with Crippen molar-refractivity contribution in [3.63, 3.8) is 0 Å². The highest BCUT2D eigenvalue weighted by Crippen LogP contribution is 2.20. The molecule has 3 amide bonds. The number of urea groups is 1. The molecular weight excluding hydrogens is 364 g/mol. The van der Waals surface area contributed by atoms with Crippen molar-refractivity contribution in [3.05, 3.63) is 60.2 Å². The summed E-state index contributed by atoms with van der Waals surface area (Å²) in [6.07, 6.45) is 2.00. The summed E-state index contributed by atoms with van der Waals surface area (Å²) < 4.78 is 0. The molecule has 1 aliphatic rings. The molecule has 3 rings (SSSR count). The van der Waals surface area contributed by atoms with Crippen LogP contribution in [0.4, 0.5) is 16.2 Å². The van der Waals surface area contributed by atoms with Gasteiger partial charge >= 0.3 is 6.03 Å². The zero-order chi connectivity index (χ0) is 20.8. The molecule has 2 aromatic carbocycles. The predicted molar refractivity (Wildman–Crippen MR) is 117 cm³/mol. The minimum Gasteiger partial charge on any atom is -0.339 e. The maximum absolute atomic E-state index is 12.8. The molecule has 0 aliphatic carbocycles. The molecule has 1 fully saturated rings. The van der Waals surface area contributed by atoms with Crippen LogP contribution in [0.3, 0.4) is 0 Å². The smallest absolute Gasteiger partial charge is 0.323 e. The Kier molecular flexibility index (Phi) is 6.88. The van der Waals surface area contributed by atoms with Gasteiger partial charge in [0.1, 0.15) is 0 Å². The average molecular weight is 395 g/mol. The molecule has 0 spiro atoms. The molecule has 6 heteroatoms. The van der Waals surface area contributed by atoms with Crippen LogP contribution < -0.4 is 10.6 Å². The average Bonchev–Trinajstić information content (AvgIpc) is 2.74. The highest BCUT2D eigenvalue weighted by atomic mass is 16.2. The number of para-hydroxylation sites is 1. The molecule has 1 heterocycles. The number of nitrogens with zero attached hydrogens (tertiary/aromatic N) is 2. The molecule has 0 saturated carbocycles. The van der Waals surface area contributed by atoms with Crippen LogP contribution in [0.2, 0.25) is 0 Å². The SMILES string of the molecule is CC(C)N1CCC(N(C)C(=O)c2ccc(NC(=O)Nc3ccccc3)cc2)CC1. The van der Waals surface area contributed by atoms with Gasteiger partial charge in [-0.15, -0.1) is 0 Å². The number of anilines is 2. The quantitative estimate of drug-likeness (QED) is 0.796. The van der Waals surface area contributed by atoms with Crippen molar-refractivity contribution in [2.75, 3.05) is 30.8 Å². The van der Waals surface area contributed by atoms with E-state index >= 15 is 0 Å². The predicted octanol–water partition coefficient (Wildman–Crippen LogP) is 4.28. The Morgan fingerprint density at radius 2 is 1.48 bits per heavy atom. The van der Waals surface area contributed by atoms with E-state index in [9.17, 15) is 9.59 Å². The molecule has 2 aromatic rings. The zero-order valence-corrected chi connectivity index (χ0v) is 17.4. The molecule has 0 atom stereocenters. The van der Waals surface area contributed by atoms with Gasteiger partial charge in [0.05, 0.1) is 0 Å². The number of amides is 3. The Bertz CT molecular complexity index is 813. The van der Waals surface area contributed by atoms with E-state index < -0.39 is 0 Å². The fourth-order valence-corrected chi connectivity index (χ4v) is 3.67. The molecule has 0 unspecified atom stereocenters. The third kappa shape index (κ3) is 5.57. The van der Waals surface area contributed by atoms with Crippen LogP contribution in [-0.2, 0) is 0 Å². The van der Waals surface area contributed by atoms with E-state index in [1.807, 2.05) is 42.3 Å². The van der Waals surface area contributed by atoms with E-state index in [0.29, 0.717) is 17.3 Å². The van der Waals surface area contributed by atoms with Gasteiger partial charge in [0, 0.05) is 49.2 Å². The van der Waals surface area contributed by atoms with Gasteiger partial charge in [-0.3, -0.25) is 4.79 Å². The van der Waals surface area contributed by atoms with Crippen LogP contribution >= 0.6 is 0 Å². The second kappa shape index (κ2) is 9.56.